The lowest BCUT2D eigenvalue weighted by Crippen LogP contribution is -2.35. The number of rotatable bonds is 7. The fraction of sp³-hybridized carbons (Fsp3) is 0.440. The van der Waals surface area contributed by atoms with E-state index in [4.69, 9.17) is 4.74 Å². The Morgan fingerprint density at radius 2 is 1.70 bits per heavy atom. The maximum atomic E-state index is 12.4. The number of aryl methyl sites for hydroxylation is 1. The highest BCUT2D eigenvalue weighted by molar-refractivity contribution is 5.94. The third kappa shape index (κ3) is 5.41. The molecule has 1 N–H and O–H groups in total. The second-order valence-corrected chi connectivity index (χ2v) is 8.35. The number of ether oxygens (including phenoxy) is 1. The molecule has 3 rings (SSSR count). The van der Waals surface area contributed by atoms with E-state index in [0.717, 1.165) is 31.5 Å². The highest BCUT2D eigenvalue weighted by Crippen LogP contribution is 2.24. The fourth-order valence-electron chi connectivity index (χ4n) is 3.83. The van der Waals surface area contributed by atoms with Crippen LogP contribution in [0.1, 0.15) is 66.6 Å². The van der Waals surface area contributed by atoms with Crippen LogP contribution in [0.3, 0.4) is 0 Å². The van der Waals surface area contributed by atoms with Crippen molar-refractivity contribution in [2.24, 2.45) is 0 Å². The molecule has 1 heterocycles. The first-order chi connectivity index (χ1) is 14.3. The van der Waals surface area contributed by atoms with Crippen LogP contribution in [-0.4, -0.2) is 35.9 Å². The van der Waals surface area contributed by atoms with Gasteiger partial charge in [0.1, 0.15) is 5.75 Å². The van der Waals surface area contributed by atoms with Crippen LogP contribution in [0.25, 0.3) is 0 Å². The molecule has 0 spiro atoms. The van der Waals surface area contributed by atoms with Gasteiger partial charge in [0.25, 0.3) is 11.8 Å². The second kappa shape index (κ2) is 9.79. The molecule has 2 amide bonds. The van der Waals surface area contributed by atoms with Gasteiger partial charge in [0.2, 0.25) is 0 Å². The van der Waals surface area contributed by atoms with Gasteiger partial charge in [0.05, 0.1) is 0 Å². The number of hydrogen-bond acceptors (Lipinski definition) is 3. The lowest BCUT2D eigenvalue weighted by Gasteiger charge is -2.17. The first-order valence-corrected chi connectivity index (χ1v) is 10.8. The maximum Gasteiger partial charge on any atom is 0.261 e. The third-order valence-electron chi connectivity index (χ3n) is 5.61. The minimum Gasteiger partial charge on any atom is -0.481 e. The van der Waals surface area contributed by atoms with Gasteiger partial charge in [-0.25, -0.2) is 0 Å². The number of amides is 2. The SMILES string of the molecule is Cc1cc(O[C@@H](C)C(=O)NCc2ccc(C(=O)N3CCCC3)cc2)ccc1C(C)C. The van der Waals surface area contributed by atoms with Crippen molar-refractivity contribution in [1.82, 2.24) is 10.2 Å². The van der Waals surface area contributed by atoms with E-state index in [0.29, 0.717) is 23.8 Å². The van der Waals surface area contributed by atoms with Crippen molar-refractivity contribution < 1.29 is 14.3 Å². The quantitative estimate of drug-likeness (QED) is 0.737. The van der Waals surface area contributed by atoms with E-state index in [1.807, 2.05) is 41.3 Å². The molecule has 30 heavy (non-hydrogen) atoms. The second-order valence-electron chi connectivity index (χ2n) is 8.35. The predicted molar refractivity (Wildman–Crippen MR) is 119 cm³/mol. The van der Waals surface area contributed by atoms with Crippen molar-refractivity contribution in [1.29, 1.82) is 0 Å². The molecule has 0 radical (unpaired) electrons. The van der Waals surface area contributed by atoms with Crippen LogP contribution >= 0.6 is 0 Å². The molecule has 1 fully saturated rings. The largest absolute Gasteiger partial charge is 0.481 e. The normalized spacial score (nSPS) is 14.6. The highest BCUT2D eigenvalue weighted by atomic mass is 16.5. The summed E-state index contributed by atoms with van der Waals surface area (Å²) in [5.41, 5.74) is 4.10. The van der Waals surface area contributed by atoms with E-state index in [1.54, 1.807) is 6.92 Å². The fourth-order valence-corrected chi connectivity index (χ4v) is 3.83. The van der Waals surface area contributed by atoms with E-state index < -0.39 is 6.10 Å². The van der Waals surface area contributed by atoms with Crippen molar-refractivity contribution >= 4 is 11.8 Å². The van der Waals surface area contributed by atoms with Crippen molar-refractivity contribution in [3.05, 3.63) is 64.7 Å². The molecule has 0 unspecified atom stereocenters. The smallest absolute Gasteiger partial charge is 0.261 e. The van der Waals surface area contributed by atoms with Gasteiger partial charge < -0.3 is 15.0 Å². The molecule has 160 valence electrons. The zero-order chi connectivity index (χ0) is 21.7. The van der Waals surface area contributed by atoms with E-state index >= 15 is 0 Å². The summed E-state index contributed by atoms with van der Waals surface area (Å²) in [6.07, 6.45) is 1.57. The van der Waals surface area contributed by atoms with Crippen molar-refractivity contribution in [3.63, 3.8) is 0 Å². The van der Waals surface area contributed by atoms with E-state index in [2.05, 4.69) is 32.2 Å². The van der Waals surface area contributed by atoms with Crippen LogP contribution in [0.15, 0.2) is 42.5 Å². The van der Waals surface area contributed by atoms with Crippen LogP contribution in [0.4, 0.5) is 0 Å². The molecule has 1 aliphatic rings. The van der Waals surface area contributed by atoms with Gasteiger partial charge in [0.15, 0.2) is 6.10 Å². The Bertz CT molecular complexity index is 884. The Labute approximate surface area is 179 Å². The lowest BCUT2D eigenvalue weighted by atomic mass is 9.98. The molecule has 0 saturated carbocycles. The summed E-state index contributed by atoms with van der Waals surface area (Å²) in [6.45, 7) is 10.2. The van der Waals surface area contributed by atoms with Crippen molar-refractivity contribution in [2.45, 2.75) is 59.1 Å². The summed E-state index contributed by atoms with van der Waals surface area (Å²) < 4.78 is 5.83. The zero-order valence-electron chi connectivity index (χ0n) is 18.4. The monoisotopic (exact) mass is 408 g/mol. The van der Waals surface area contributed by atoms with Crippen LogP contribution in [0.2, 0.25) is 0 Å². The van der Waals surface area contributed by atoms with Gasteiger partial charge in [-0.3, -0.25) is 9.59 Å². The Morgan fingerprint density at radius 1 is 1.03 bits per heavy atom. The maximum absolute atomic E-state index is 12.4. The summed E-state index contributed by atoms with van der Waals surface area (Å²) in [4.78, 5) is 26.7. The van der Waals surface area contributed by atoms with Gasteiger partial charge in [-0.15, -0.1) is 0 Å². The Balaban J connectivity index is 1.51. The highest BCUT2D eigenvalue weighted by Gasteiger charge is 2.19. The Morgan fingerprint density at radius 3 is 2.30 bits per heavy atom. The molecule has 1 saturated heterocycles. The molecule has 0 aliphatic carbocycles. The van der Waals surface area contributed by atoms with Gasteiger partial charge in [-0.05, 0) is 73.6 Å². The first-order valence-electron chi connectivity index (χ1n) is 10.8. The molecule has 5 nitrogen and oxygen atoms in total. The standard InChI is InChI=1S/C25H32N2O3/c1-17(2)23-12-11-22(15-18(23)3)30-19(4)24(28)26-16-20-7-9-21(10-8-20)25(29)27-13-5-6-14-27/h7-12,15,17,19H,5-6,13-14,16H2,1-4H3,(H,26,28)/t19-/m0/s1. The number of nitrogens with one attached hydrogen (secondary N) is 1. The Hall–Kier alpha value is -2.82. The van der Waals surface area contributed by atoms with E-state index in [-0.39, 0.29) is 11.8 Å². The van der Waals surface area contributed by atoms with Crippen LogP contribution in [0.5, 0.6) is 5.75 Å². The third-order valence-corrected chi connectivity index (χ3v) is 5.61. The molecule has 0 bridgehead atoms. The minimum atomic E-state index is -0.592. The average Bonchev–Trinajstić information content (AvgIpc) is 3.26. The number of hydrogen-bond donors (Lipinski definition) is 1. The molecular formula is C25H32N2O3. The summed E-state index contributed by atoms with van der Waals surface area (Å²) in [7, 11) is 0. The van der Waals surface area contributed by atoms with Crippen molar-refractivity contribution in [3.8, 4) is 5.75 Å². The zero-order valence-corrected chi connectivity index (χ0v) is 18.4. The molecule has 0 aromatic heterocycles. The topological polar surface area (TPSA) is 58.6 Å². The van der Waals surface area contributed by atoms with Gasteiger partial charge in [-0.2, -0.15) is 0 Å². The van der Waals surface area contributed by atoms with Gasteiger partial charge in [0, 0.05) is 25.2 Å². The molecule has 1 aliphatic heterocycles. The number of carbonyl (C=O) groups is 2. The van der Waals surface area contributed by atoms with Crippen molar-refractivity contribution in [2.75, 3.05) is 13.1 Å². The molecular weight excluding hydrogens is 376 g/mol. The molecule has 2 aromatic rings. The summed E-state index contributed by atoms with van der Waals surface area (Å²) in [6, 6.07) is 13.4. The Kier molecular flexibility index (Phi) is 7.14. The number of likely N-dealkylation sites (tertiary alicyclic amines) is 1. The van der Waals surface area contributed by atoms with Gasteiger partial charge >= 0.3 is 0 Å². The first kappa shape index (κ1) is 21.9. The number of nitrogens with zero attached hydrogens (tertiary/aromatic N) is 1. The van der Waals surface area contributed by atoms with Crippen LogP contribution in [0, 0.1) is 6.92 Å². The van der Waals surface area contributed by atoms with E-state index in [9.17, 15) is 9.59 Å². The number of benzene rings is 2. The molecule has 5 heteroatoms. The lowest BCUT2D eigenvalue weighted by molar-refractivity contribution is -0.127. The summed E-state index contributed by atoms with van der Waals surface area (Å²) in [5, 5.41) is 2.91. The van der Waals surface area contributed by atoms with Crippen LogP contribution in [-0.2, 0) is 11.3 Å². The average molecular weight is 409 g/mol. The predicted octanol–water partition coefficient (Wildman–Crippen LogP) is 4.44. The molecule has 1 atom stereocenters. The summed E-state index contributed by atoms with van der Waals surface area (Å²) in [5.74, 6) is 1.07. The van der Waals surface area contributed by atoms with E-state index in [1.165, 1.54) is 11.1 Å². The van der Waals surface area contributed by atoms with Crippen LogP contribution < -0.4 is 10.1 Å². The minimum absolute atomic E-state index is 0.0869. The number of carbonyl (C=O) groups excluding carboxylic acids is 2. The molecule has 2 aromatic carbocycles. The summed E-state index contributed by atoms with van der Waals surface area (Å²) >= 11 is 0. The van der Waals surface area contributed by atoms with Gasteiger partial charge in [-0.1, -0.05) is 32.0 Å².